The van der Waals surface area contributed by atoms with Gasteiger partial charge in [-0.2, -0.15) is 5.26 Å². The molecule has 1 N–H and O–H groups in total. The lowest BCUT2D eigenvalue weighted by atomic mass is 9.49. The Bertz CT molecular complexity index is 1380. The minimum atomic E-state index is -0.507. The number of carbonyl (C=O) groups is 2. The van der Waals surface area contributed by atoms with Crippen LogP contribution in [0.4, 0.5) is 4.79 Å². The molecular weight excluding hydrogens is 576 g/mol. The van der Waals surface area contributed by atoms with Crippen molar-refractivity contribution in [2.45, 2.75) is 98.6 Å². The van der Waals surface area contributed by atoms with E-state index in [4.69, 9.17) is 26.3 Å². The van der Waals surface area contributed by atoms with Crippen molar-refractivity contribution in [2.75, 3.05) is 19.6 Å². The second kappa shape index (κ2) is 12.6. The third kappa shape index (κ3) is 7.16. The van der Waals surface area contributed by atoms with E-state index >= 15 is 0 Å². The van der Waals surface area contributed by atoms with Gasteiger partial charge < -0.3 is 19.7 Å². The van der Waals surface area contributed by atoms with Crippen molar-refractivity contribution in [1.82, 2.24) is 15.1 Å². The lowest BCUT2D eigenvalue weighted by Crippen LogP contribution is -2.74. The Morgan fingerprint density at radius 1 is 1.02 bits per heavy atom. The number of hydrogen-bond donors (Lipinski definition) is 1. The molecule has 1 saturated heterocycles. The van der Waals surface area contributed by atoms with E-state index in [-0.39, 0.29) is 47.1 Å². The van der Waals surface area contributed by atoms with Crippen LogP contribution < -0.4 is 10.1 Å². The number of halogens is 1. The topological polar surface area (TPSA) is 94.9 Å². The molecule has 0 aromatic heterocycles. The highest BCUT2D eigenvalue weighted by atomic mass is 35.5. The molecule has 2 fully saturated rings. The summed E-state index contributed by atoms with van der Waals surface area (Å²) < 4.78 is 11.9. The standard InChI is InChI=1S/C35H47ClN4O4/c1-22-20-39(32(42)44-33(3,4)5)21-23(2)40(22)17-16-24-10-12-25(13-11-24)29(41)38-30-34(6,7)31(35(30,8)9)43-27-15-14-26(19-37)28(36)18-27/h10-15,18,22-23,30-31H,16-17,20-21H2,1-9H3,(H,38,41)/t22-,23+,30-,31-. The Labute approximate surface area is 267 Å². The number of hydrogen-bond acceptors (Lipinski definition) is 6. The summed E-state index contributed by atoms with van der Waals surface area (Å²) in [6.07, 6.45) is 0.435. The van der Waals surface area contributed by atoms with Crippen LogP contribution in [0.1, 0.15) is 83.8 Å². The molecule has 2 aliphatic rings. The van der Waals surface area contributed by atoms with E-state index in [0.717, 1.165) is 18.5 Å². The average molecular weight is 623 g/mol. The molecule has 1 saturated carbocycles. The summed E-state index contributed by atoms with van der Waals surface area (Å²) in [4.78, 5) is 30.2. The highest BCUT2D eigenvalue weighted by Gasteiger charge is 2.64. The average Bonchev–Trinajstić information content (AvgIpc) is 2.93. The number of nitrogens with zero attached hydrogens (tertiary/aromatic N) is 3. The first-order chi connectivity index (χ1) is 20.4. The fourth-order valence-corrected chi connectivity index (χ4v) is 7.38. The van der Waals surface area contributed by atoms with Crippen LogP contribution in [0.25, 0.3) is 0 Å². The summed E-state index contributed by atoms with van der Waals surface area (Å²) in [7, 11) is 0. The van der Waals surface area contributed by atoms with Gasteiger partial charge in [-0.3, -0.25) is 9.69 Å². The van der Waals surface area contributed by atoms with Crippen molar-refractivity contribution in [3.63, 3.8) is 0 Å². The Balaban J connectivity index is 1.31. The second-order valence-corrected chi connectivity index (χ2v) is 15.0. The molecule has 0 spiro atoms. The molecule has 8 nitrogen and oxygen atoms in total. The number of piperazine rings is 1. The van der Waals surface area contributed by atoms with E-state index in [9.17, 15) is 9.59 Å². The fourth-order valence-electron chi connectivity index (χ4n) is 7.16. The van der Waals surface area contributed by atoms with E-state index in [1.807, 2.05) is 49.9 Å². The van der Waals surface area contributed by atoms with Crippen LogP contribution in [-0.2, 0) is 11.2 Å². The van der Waals surface area contributed by atoms with Crippen LogP contribution in [0.5, 0.6) is 5.75 Å². The molecular formula is C35H47ClN4O4. The van der Waals surface area contributed by atoms with Gasteiger partial charge in [0.15, 0.2) is 0 Å². The number of amides is 2. The Morgan fingerprint density at radius 2 is 1.61 bits per heavy atom. The molecule has 1 aliphatic carbocycles. The lowest BCUT2D eigenvalue weighted by Gasteiger charge is -2.63. The Kier molecular flexibility index (Phi) is 9.63. The normalized spacial score (nSPS) is 24.5. The SMILES string of the molecule is C[C@@H]1CN(C(=O)OC(C)(C)C)C[C@H](C)N1CCc1ccc(C(=O)N[C@H]2C(C)(C)[C@H](Oc3ccc(C#N)c(Cl)c3)C2(C)C)cc1. The zero-order valence-electron chi connectivity index (χ0n) is 27.5. The maximum absolute atomic E-state index is 13.3. The molecule has 9 heteroatoms. The van der Waals surface area contributed by atoms with Crippen molar-refractivity contribution in [3.05, 3.63) is 64.2 Å². The zero-order valence-corrected chi connectivity index (χ0v) is 28.3. The van der Waals surface area contributed by atoms with E-state index in [0.29, 0.717) is 35.0 Å². The van der Waals surface area contributed by atoms with Crippen LogP contribution >= 0.6 is 11.6 Å². The summed E-state index contributed by atoms with van der Waals surface area (Å²) >= 11 is 6.22. The largest absolute Gasteiger partial charge is 0.489 e. The van der Waals surface area contributed by atoms with Gasteiger partial charge in [0.05, 0.1) is 10.6 Å². The minimum Gasteiger partial charge on any atom is -0.489 e. The third-order valence-corrected chi connectivity index (χ3v) is 9.37. The minimum absolute atomic E-state index is 0.108. The molecule has 1 aliphatic heterocycles. The van der Waals surface area contributed by atoms with Crippen molar-refractivity contribution in [1.29, 1.82) is 5.26 Å². The van der Waals surface area contributed by atoms with Gasteiger partial charge in [0, 0.05) is 60.2 Å². The van der Waals surface area contributed by atoms with E-state index < -0.39 is 5.60 Å². The Hall–Kier alpha value is -3.28. The monoisotopic (exact) mass is 622 g/mol. The van der Waals surface area contributed by atoms with Gasteiger partial charge in [-0.05, 0) is 70.9 Å². The highest BCUT2D eigenvalue weighted by Crippen LogP contribution is 2.55. The fraction of sp³-hybridized carbons (Fsp3) is 0.571. The van der Waals surface area contributed by atoms with Crippen molar-refractivity contribution in [3.8, 4) is 11.8 Å². The van der Waals surface area contributed by atoms with Crippen molar-refractivity contribution < 1.29 is 19.1 Å². The zero-order chi connectivity index (χ0) is 32.6. The molecule has 44 heavy (non-hydrogen) atoms. The van der Waals surface area contributed by atoms with Crippen molar-refractivity contribution in [2.24, 2.45) is 10.8 Å². The maximum Gasteiger partial charge on any atom is 0.410 e. The summed E-state index contributed by atoms with van der Waals surface area (Å²) in [5.41, 5.74) is 1.02. The first-order valence-corrected chi connectivity index (χ1v) is 15.8. The highest BCUT2D eigenvalue weighted by molar-refractivity contribution is 6.31. The molecule has 1 heterocycles. The quantitative estimate of drug-likeness (QED) is 0.369. The van der Waals surface area contributed by atoms with Gasteiger partial charge in [0.2, 0.25) is 0 Å². The van der Waals surface area contributed by atoms with Crippen molar-refractivity contribution >= 4 is 23.6 Å². The van der Waals surface area contributed by atoms with Gasteiger partial charge >= 0.3 is 6.09 Å². The summed E-state index contributed by atoms with van der Waals surface area (Å²) in [6.45, 7) is 20.5. The molecule has 0 radical (unpaired) electrons. The summed E-state index contributed by atoms with van der Waals surface area (Å²) in [5.74, 6) is 0.497. The number of carbonyl (C=O) groups excluding carboxylic acids is 2. The first kappa shape index (κ1) is 33.6. The predicted molar refractivity (Wildman–Crippen MR) is 173 cm³/mol. The number of nitrogens with one attached hydrogen (secondary N) is 1. The molecule has 238 valence electrons. The van der Waals surface area contributed by atoms with Crippen LogP contribution in [0.2, 0.25) is 5.02 Å². The van der Waals surface area contributed by atoms with Crippen LogP contribution in [0.3, 0.4) is 0 Å². The van der Waals surface area contributed by atoms with Gasteiger partial charge in [0.25, 0.3) is 5.91 Å². The number of benzene rings is 2. The van der Waals surface area contributed by atoms with Crippen LogP contribution in [0, 0.1) is 22.2 Å². The molecule has 2 aromatic rings. The predicted octanol–water partition coefficient (Wildman–Crippen LogP) is 6.70. The van der Waals surface area contributed by atoms with Gasteiger partial charge in [0.1, 0.15) is 23.5 Å². The third-order valence-electron chi connectivity index (χ3n) is 9.06. The molecule has 0 unspecified atom stereocenters. The van der Waals surface area contributed by atoms with Gasteiger partial charge in [-0.1, -0.05) is 51.4 Å². The lowest BCUT2D eigenvalue weighted by molar-refractivity contribution is -0.164. The Morgan fingerprint density at radius 3 is 2.14 bits per heavy atom. The van der Waals surface area contributed by atoms with Crippen LogP contribution in [-0.4, -0.2) is 71.3 Å². The van der Waals surface area contributed by atoms with E-state index in [1.165, 1.54) is 0 Å². The number of nitriles is 1. The molecule has 2 aromatic carbocycles. The molecule has 0 bridgehead atoms. The summed E-state index contributed by atoms with van der Waals surface area (Å²) in [5, 5.41) is 12.8. The maximum atomic E-state index is 13.3. The van der Waals surface area contributed by atoms with Gasteiger partial charge in [-0.25, -0.2) is 4.79 Å². The summed E-state index contributed by atoms with van der Waals surface area (Å²) in [6, 6.07) is 15.3. The first-order valence-electron chi connectivity index (χ1n) is 15.4. The molecule has 2 amide bonds. The number of ether oxygens (including phenoxy) is 2. The molecule has 4 rings (SSSR count). The smallest absolute Gasteiger partial charge is 0.410 e. The number of rotatable bonds is 7. The second-order valence-electron chi connectivity index (χ2n) is 14.6. The van der Waals surface area contributed by atoms with Gasteiger partial charge in [-0.15, -0.1) is 0 Å². The van der Waals surface area contributed by atoms with E-state index in [1.54, 1.807) is 18.2 Å². The van der Waals surface area contributed by atoms with Crippen LogP contribution in [0.15, 0.2) is 42.5 Å². The van der Waals surface area contributed by atoms with E-state index in [2.05, 4.69) is 57.8 Å². The molecule has 2 atom stereocenters.